The van der Waals surface area contributed by atoms with Gasteiger partial charge in [0.05, 0.1) is 0 Å². The van der Waals surface area contributed by atoms with Gasteiger partial charge in [-0.05, 0) is 12.0 Å². The van der Waals surface area contributed by atoms with Gasteiger partial charge < -0.3 is 15.9 Å². The first-order valence-corrected chi connectivity index (χ1v) is 10.4. The van der Waals surface area contributed by atoms with Crippen LogP contribution in [0.3, 0.4) is 0 Å². The molecule has 0 unspecified atom stereocenters. The number of aliphatic hydroxyl groups is 2. The van der Waals surface area contributed by atoms with Crippen molar-refractivity contribution in [1.82, 2.24) is 30.4 Å². The van der Waals surface area contributed by atoms with E-state index in [2.05, 4.69) is 30.4 Å². The van der Waals surface area contributed by atoms with E-state index < -0.39 is 24.8 Å². The molecule has 0 bridgehead atoms. The predicted molar refractivity (Wildman–Crippen MR) is 126 cm³/mol. The van der Waals surface area contributed by atoms with E-state index in [1.807, 2.05) is 48.5 Å². The standard InChI is InChI=1S/C12H13N3O2.C7H6O.C4H6N4O2/c16-8-10(17)12-13-11(14-15-12)7-6-9-4-2-1-3-5-9;8-6-7-4-2-1-3-5-7;5-4-6-3(7-8-4)2(10)1-9/h1-5,16H,6-8H2,(H,13,14,15);1-6H;9H,1H2,(H3,5,6,7,8). The van der Waals surface area contributed by atoms with Gasteiger partial charge in [-0.1, -0.05) is 60.7 Å². The van der Waals surface area contributed by atoms with Gasteiger partial charge in [0.1, 0.15) is 25.3 Å². The SMILES string of the molecule is Nc1n[nH]c(C(=O)CO)n1.O=C(CO)c1n[nH]c(CCc2ccccc2)n1.O=Cc1ccccc1. The summed E-state index contributed by atoms with van der Waals surface area (Å²) in [5.41, 5.74) is 7.02. The largest absolute Gasteiger partial charge is 0.388 e. The fraction of sp³-hybridized carbons (Fsp3) is 0.174. The van der Waals surface area contributed by atoms with Crippen LogP contribution in [0.2, 0.25) is 0 Å². The van der Waals surface area contributed by atoms with Crippen LogP contribution in [-0.4, -0.2) is 71.6 Å². The monoisotopic (exact) mass is 479 g/mol. The summed E-state index contributed by atoms with van der Waals surface area (Å²) in [5.74, 6) is -0.297. The van der Waals surface area contributed by atoms with Gasteiger partial charge in [-0.15, -0.1) is 5.10 Å². The Morgan fingerprint density at radius 3 is 1.97 bits per heavy atom. The van der Waals surface area contributed by atoms with Crippen molar-refractivity contribution < 1.29 is 24.6 Å². The second-order valence-corrected chi connectivity index (χ2v) is 6.82. The molecule has 0 radical (unpaired) electrons. The third-order valence-electron chi connectivity index (χ3n) is 4.26. The summed E-state index contributed by atoms with van der Waals surface area (Å²) in [6.45, 7) is -1.15. The van der Waals surface area contributed by atoms with Gasteiger partial charge in [-0.25, -0.2) is 4.98 Å². The number of aromatic amines is 2. The molecule has 0 saturated heterocycles. The van der Waals surface area contributed by atoms with Crippen LogP contribution < -0.4 is 5.73 Å². The van der Waals surface area contributed by atoms with Crippen molar-refractivity contribution >= 4 is 23.8 Å². The maximum absolute atomic E-state index is 11.1. The number of carbonyl (C=O) groups is 3. The van der Waals surface area contributed by atoms with Crippen LogP contribution in [0.4, 0.5) is 5.95 Å². The zero-order valence-electron chi connectivity index (χ0n) is 18.7. The summed E-state index contributed by atoms with van der Waals surface area (Å²) >= 11 is 0. The van der Waals surface area contributed by atoms with E-state index >= 15 is 0 Å². The summed E-state index contributed by atoms with van der Waals surface area (Å²) in [6.07, 6.45) is 2.36. The van der Waals surface area contributed by atoms with Gasteiger partial charge in [0.2, 0.25) is 23.3 Å². The van der Waals surface area contributed by atoms with Crippen LogP contribution in [0.15, 0.2) is 60.7 Å². The predicted octanol–water partition coefficient (Wildman–Crippen LogP) is 0.826. The molecule has 35 heavy (non-hydrogen) atoms. The highest BCUT2D eigenvalue weighted by molar-refractivity contribution is 5.93. The summed E-state index contributed by atoms with van der Waals surface area (Å²) in [4.78, 5) is 39.2. The third kappa shape index (κ3) is 9.45. The molecule has 0 amide bonds. The molecule has 0 atom stereocenters. The number of Topliss-reactive ketones (excluding diaryl/α,β-unsaturated/α-hetero) is 2. The number of anilines is 1. The molecule has 0 fully saturated rings. The van der Waals surface area contributed by atoms with Gasteiger partial charge >= 0.3 is 0 Å². The molecule has 4 aromatic rings. The van der Waals surface area contributed by atoms with Crippen molar-refractivity contribution in [3.05, 3.63) is 89.3 Å². The first-order chi connectivity index (χ1) is 17.0. The zero-order chi connectivity index (χ0) is 25.5. The number of aliphatic hydroxyl groups excluding tert-OH is 2. The highest BCUT2D eigenvalue weighted by Crippen LogP contribution is 2.04. The number of nitrogens with one attached hydrogen (secondary N) is 2. The number of ketones is 2. The Bertz CT molecular complexity index is 1190. The Morgan fingerprint density at radius 2 is 1.46 bits per heavy atom. The summed E-state index contributed by atoms with van der Waals surface area (Å²) in [7, 11) is 0. The summed E-state index contributed by atoms with van der Waals surface area (Å²) < 4.78 is 0. The Kier molecular flexibility index (Phi) is 11.1. The van der Waals surface area contributed by atoms with Crippen LogP contribution in [0, 0.1) is 0 Å². The fourth-order valence-corrected chi connectivity index (χ4v) is 2.52. The van der Waals surface area contributed by atoms with Gasteiger partial charge in [0.25, 0.3) is 0 Å². The number of rotatable bonds is 8. The van der Waals surface area contributed by atoms with Crippen molar-refractivity contribution in [2.75, 3.05) is 18.9 Å². The molecular weight excluding hydrogens is 454 g/mol. The van der Waals surface area contributed by atoms with Crippen LogP contribution in [-0.2, 0) is 12.8 Å². The van der Waals surface area contributed by atoms with Crippen LogP contribution >= 0.6 is 0 Å². The van der Waals surface area contributed by atoms with Gasteiger partial charge in [-0.3, -0.25) is 24.6 Å². The second-order valence-electron chi connectivity index (χ2n) is 6.82. The van der Waals surface area contributed by atoms with Gasteiger partial charge in [0.15, 0.2) is 5.82 Å². The topological polar surface area (TPSA) is 201 Å². The van der Waals surface area contributed by atoms with Crippen molar-refractivity contribution in [2.45, 2.75) is 12.8 Å². The molecule has 4 rings (SSSR count). The van der Waals surface area contributed by atoms with Gasteiger partial charge in [0, 0.05) is 12.0 Å². The molecule has 12 heteroatoms. The van der Waals surface area contributed by atoms with E-state index in [0.29, 0.717) is 12.2 Å². The zero-order valence-corrected chi connectivity index (χ0v) is 18.7. The molecule has 2 aromatic heterocycles. The highest BCUT2D eigenvalue weighted by Gasteiger charge is 2.10. The normalized spacial score (nSPS) is 9.77. The lowest BCUT2D eigenvalue weighted by atomic mass is 10.1. The highest BCUT2D eigenvalue weighted by atomic mass is 16.3. The molecule has 6 N–H and O–H groups in total. The summed E-state index contributed by atoms with van der Waals surface area (Å²) in [5, 5.41) is 29.1. The Hall–Kier alpha value is -4.55. The quantitative estimate of drug-likeness (QED) is 0.178. The molecule has 2 aromatic carbocycles. The molecule has 0 aliphatic rings. The number of hydrogen-bond acceptors (Lipinski definition) is 10. The molecule has 0 saturated carbocycles. The molecule has 182 valence electrons. The molecule has 0 aliphatic carbocycles. The number of carbonyl (C=O) groups excluding carboxylic acids is 3. The minimum absolute atomic E-state index is 0.00296. The Morgan fingerprint density at radius 1 is 0.829 bits per heavy atom. The smallest absolute Gasteiger partial charge is 0.239 e. The van der Waals surface area contributed by atoms with E-state index in [9.17, 15) is 14.4 Å². The van der Waals surface area contributed by atoms with Crippen LogP contribution in [0.5, 0.6) is 0 Å². The second kappa shape index (κ2) is 14.6. The lowest BCUT2D eigenvalue weighted by Crippen LogP contribution is -2.06. The number of aldehydes is 1. The number of aromatic nitrogens is 6. The number of benzene rings is 2. The molecule has 12 nitrogen and oxygen atoms in total. The fourth-order valence-electron chi connectivity index (χ4n) is 2.52. The molecular formula is C23H25N7O5. The number of aryl methyl sites for hydroxylation is 2. The number of H-pyrrole nitrogens is 2. The summed E-state index contributed by atoms with van der Waals surface area (Å²) in [6, 6.07) is 19.1. The number of nitrogen functional groups attached to an aromatic ring is 1. The first-order valence-electron chi connectivity index (χ1n) is 10.4. The van der Waals surface area contributed by atoms with Crippen molar-refractivity contribution in [3.8, 4) is 0 Å². The van der Waals surface area contributed by atoms with Crippen LogP contribution in [0.1, 0.15) is 43.0 Å². The van der Waals surface area contributed by atoms with Crippen molar-refractivity contribution in [1.29, 1.82) is 0 Å². The number of hydrogen-bond donors (Lipinski definition) is 5. The average molecular weight is 479 g/mol. The Balaban J connectivity index is 0.000000204. The third-order valence-corrected chi connectivity index (χ3v) is 4.26. The molecule has 0 aliphatic heterocycles. The van der Waals surface area contributed by atoms with Gasteiger partial charge in [-0.2, -0.15) is 10.1 Å². The van der Waals surface area contributed by atoms with Crippen LogP contribution in [0.25, 0.3) is 0 Å². The lowest BCUT2D eigenvalue weighted by molar-refractivity contribution is 0.0888. The maximum atomic E-state index is 11.1. The van der Waals surface area contributed by atoms with E-state index in [1.165, 1.54) is 5.56 Å². The maximum Gasteiger partial charge on any atom is 0.239 e. The molecule has 0 spiro atoms. The minimum Gasteiger partial charge on any atom is -0.388 e. The van der Waals surface area contributed by atoms with Crippen molar-refractivity contribution in [2.24, 2.45) is 0 Å². The van der Waals surface area contributed by atoms with E-state index in [0.717, 1.165) is 18.3 Å². The first kappa shape index (κ1) is 26.7. The lowest BCUT2D eigenvalue weighted by Gasteiger charge is -1.97. The molecule has 2 heterocycles. The van der Waals surface area contributed by atoms with E-state index in [4.69, 9.17) is 15.9 Å². The average Bonchev–Trinajstić information content (AvgIpc) is 3.57. The number of nitrogens with two attached hydrogens (primary N) is 1. The number of nitrogens with zero attached hydrogens (tertiary/aromatic N) is 4. The van der Waals surface area contributed by atoms with E-state index in [-0.39, 0.29) is 17.6 Å². The van der Waals surface area contributed by atoms with Crippen molar-refractivity contribution in [3.63, 3.8) is 0 Å². The van der Waals surface area contributed by atoms with E-state index in [1.54, 1.807) is 12.1 Å². The Labute approximate surface area is 200 Å². The minimum atomic E-state index is -0.589.